The number of rotatable bonds is 5. The molecule has 0 spiro atoms. The lowest BCUT2D eigenvalue weighted by Gasteiger charge is -2.25. The van der Waals surface area contributed by atoms with Gasteiger partial charge in [-0.3, -0.25) is 9.20 Å². The number of nitrogens with zero attached hydrogens (tertiary/aromatic N) is 2. The van der Waals surface area contributed by atoms with Crippen LogP contribution in [0.2, 0.25) is 0 Å². The molecule has 0 amide bonds. The predicted molar refractivity (Wildman–Crippen MR) is 125 cm³/mol. The molecular formula is C24H25BrFN3O2. The quantitative estimate of drug-likeness (QED) is 0.548. The van der Waals surface area contributed by atoms with Gasteiger partial charge in [0.15, 0.2) is 0 Å². The molecule has 0 atom stereocenters. The number of ether oxygens (including phenoxy) is 1. The third kappa shape index (κ3) is 4.43. The molecule has 0 unspecified atom stereocenters. The van der Waals surface area contributed by atoms with E-state index in [1.54, 1.807) is 12.3 Å². The molecule has 5 nitrogen and oxygen atoms in total. The highest BCUT2D eigenvalue weighted by Gasteiger charge is 2.27. The number of pyridine rings is 1. The van der Waals surface area contributed by atoms with Crippen molar-refractivity contribution >= 4 is 27.3 Å². The van der Waals surface area contributed by atoms with Gasteiger partial charge in [0.2, 0.25) is 0 Å². The van der Waals surface area contributed by atoms with Gasteiger partial charge in [-0.2, -0.15) is 0 Å². The Morgan fingerprint density at radius 2 is 1.94 bits per heavy atom. The summed E-state index contributed by atoms with van der Waals surface area (Å²) in [7, 11) is 0. The molecule has 31 heavy (non-hydrogen) atoms. The molecule has 2 aromatic heterocycles. The Labute approximate surface area is 189 Å². The number of nitrogens with one attached hydrogen (secondary N) is 1. The van der Waals surface area contributed by atoms with E-state index < -0.39 is 5.67 Å². The Kier molecular flexibility index (Phi) is 5.99. The van der Waals surface area contributed by atoms with Gasteiger partial charge < -0.3 is 10.1 Å². The van der Waals surface area contributed by atoms with E-state index in [1.165, 1.54) is 18.2 Å². The molecule has 162 valence electrons. The number of aromatic nitrogens is 2. The highest BCUT2D eigenvalue weighted by atomic mass is 79.9. The summed E-state index contributed by atoms with van der Waals surface area (Å²) in [5.41, 5.74) is 1.93. The highest BCUT2D eigenvalue weighted by molar-refractivity contribution is 9.10. The minimum Gasteiger partial charge on any atom is -0.382 e. The van der Waals surface area contributed by atoms with Gasteiger partial charge >= 0.3 is 0 Å². The maximum absolute atomic E-state index is 14.7. The van der Waals surface area contributed by atoms with Gasteiger partial charge in [-0.25, -0.2) is 9.37 Å². The molecule has 0 bridgehead atoms. The van der Waals surface area contributed by atoms with Gasteiger partial charge in [-0.05, 0) is 65.9 Å². The second kappa shape index (κ2) is 8.55. The topological polar surface area (TPSA) is 55.6 Å². The molecular weight excluding hydrogens is 461 g/mol. The van der Waals surface area contributed by atoms with Gasteiger partial charge in [0.25, 0.3) is 5.56 Å². The molecule has 1 aliphatic heterocycles. The van der Waals surface area contributed by atoms with Crippen LogP contribution in [0.15, 0.2) is 58.4 Å². The lowest BCUT2D eigenvalue weighted by atomic mass is 10.0. The van der Waals surface area contributed by atoms with Gasteiger partial charge in [0.05, 0.1) is 5.69 Å². The average molecular weight is 486 g/mol. The van der Waals surface area contributed by atoms with Crippen molar-refractivity contribution in [3.05, 3.63) is 75.3 Å². The fourth-order valence-electron chi connectivity index (χ4n) is 3.78. The summed E-state index contributed by atoms with van der Waals surface area (Å²) in [6, 6.07) is 12.0. The van der Waals surface area contributed by atoms with Crippen molar-refractivity contribution in [2.75, 3.05) is 13.2 Å². The Morgan fingerprint density at radius 1 is 1.26 bits per heavy atom. The van der Waals surface area contributed by atoms with E-state index in [0.717, 1.165) is 48.4 Å². The van der Waals surface area contributed by atoms with E-state index in [0.29, 0.717) is 11.7 Å². The maximum atomic E-state index is 14.7. The molecule has 1 aliphatic rings. The minimum atomic E-state index is -1.75. The standard InChI is InChI=1S/C24H25BrFN3O2/c1-15(27-18-10-13-31-14-11-18)16-6-8-17(9-7-16)19-5-4-12-29-22(19)28-21(24(2,3)26)20(25)23(29)30/h4-9,12,18,27H,1,10-11,13-14H2,2-3H3. The predicted octanol–water partition coefficient (Wildman–Crippen LogP) is 5.07. The molecule has 0 saturated carbocycles. The zero-order chi connectivity index (χ0) is 22.2. The smallest absolute Gasteiger partial charge is 0.272 e. The molecule has 1 aromatic carbocycles. The van der Waals surface area contributed by atoms with Crippen LogP contribution in [-0.2, 0) is 10.4 Å². The monoisotopic (exact) mass is 485 g/mol. The molecule has 3 heterocycles. The average Bonchev–Trinajstić information content (AvgIpc) is 2.76. The number of benzene rings is 1. The first kappa shape index (κ1) is 21.7. The first-order chi connectivity index (χ1) is 14.8. The SMILES string of the molecule is C=C(NC1CCOCC1)c1ccc(-c2cccn3c(=O)c(Br)c(C(C)(C)F)nc23)cc1. The fourth-order valence-corrected chi connectivity index (χ4v) is 4.53. The van der Waals surface area contributed by atoms with Crippen LogP contribution in [0, 0.1) is 0 Å². The molecule has 1 saturated heterocycles. The van der Waals surface area contributed by atoms with Crippen molar-refractivity contribution in [3.63, 3.8) is 0 Å². The second-order valence-electron chi connectivity index (χ2n) is 8.25. The normalized spacial score (nSPS) is 15.2. The number of fused-ring (bicyclic) bond motifs is 1. The van der Waals surface area contributed by atoms with Crippen molar-refractivity contribution in [2.24, 2.45) is 0 Å². The van der Waals surface area contributed by atoms with E-state index in [1.807, 2.05) is 30.3 Å². The van der Waals surface area contributed by atoms with Crippen molar-refractivity contribution in [3.8, 4) is 11.1 Å². The highest BCUT2D eigenvalue weighted by Crippen LogP contribution is 2.31. The van der Waals surface area contributed by atoms with Crippen LogP contribution in [0.3, 0.4) is 0 Å². The molecule has 3 aromatic rings. The summed E-state index contributed by atoms with van der Waals surface area (Å²) in [5.74, 6) is 0. The molecule has 4 rings (SSSR count). The van der Waals surface area contributed by atoms with Gasteiger partial charge in [-0.1, -0.05) is 30.8 Å². The lowest BCUT2D eigenvalue weighted by molar-refractivity contribution is 0.0819. The van der Waals surface area contributed by atoms with Gasteiger partial charge in [0, 0.05) is 36.7 Å². The van der Waals surface area contributed by atoms with Crippen LogP contribution >= 0.6 is 15.9 Å². The Morgan fingerprint density at radius 3 is 2.58 bits per heavy atom. The summed E-state index contributed by atoms with van der Waals surface area (Å²) in [5, 5.41) is 3.48. The zero-order valence-electron chi connectivity index (χ0n) is 17.6. The Balaban J connectivity index is 1.69. The number of hydrogen-bond acceptors (Lipinski definition) is 4. The van der Waals surface area contributed by atoms with Crippen molar-refractivity contribution in [1.29, 1.82) is 0 Å². The van der Waals surface area contributed by atoms with Crippen LogP contribution in [0.1, 0.15) is 37.9 Å². The van der Waals surface area contributed by atoms with Crippen molar-refractivity contribution in [1.82, 2.24) is 14.7 Å². The van der Waals surface area contributed by atoms with E-state index in [-0.39, 0.29) is 15.7 Å². The minimum absolute atomic E-state index is 0.0932. The molecule has 1 fully saturated rings. The van der Waals surface area contributed by atoms with Crippen molar-refractivity contribution in [2.45, 2.75) is 38.4 Å². The molecule has 7 heteroatoms. The maximum Gasteiger partial charge on any atom is 0.272 e. The number of hydrogen-bond donors (Lipinski definition) is 1. The van der Waals surface area contributed by atoms with E-state index in [9.17, 15) is 9.18 Å². The van der Waals surface area contributed by atoms with E-state index >= 15 is 0 Å². The summed E-state index contributed by atoms with van der Waals surface area (Å²) in [6.45, 7) is 8.50. The number of alkyl halides is 1. The molecule has 0 radical (unpaired) electrons. The summed E-state index contributed by atoms with van der Waals surface area (Å²) in [6.07, 6.45) is 3.58. The first-order valence-electron chi connectivity index (χ1n) is 10.3. The summed E-state index contributed by atoms with van der Waals surface area (Å²) in [4.78, 5) is 17.3. The Hall–Kier alpha value is -2.51. The van der Waals surface area contributed by atoms with E-state index in [2.05, 4.69) is 32.8 Å². The number of halogens is 2. The third-order valence-electron chi connectivity index (χ3n) is 5.51. The largest absolute Gasteiger partial charge is 0.382 e. The zero-order valence-corrected chi connectivity index (χ0v) is 19.2. The van der Waals surface area contributed by atoms with E-state index in [4.69, 9.17) is 4.74 Å². The second-order valence-corrected chi connectivity index (χ2v) is 9.05. The van der Waals surface area contributed by atoms with Crippen LogP contribution in [0.4, 0.5) is 4.39 Å². The fraction of sp³-hybridized carbons (Fsp3) is 0.333. The molecule has 0 aliphatic carbocycles. The molecule has 1 N–H and O–H groups in total. The van der Waals surface area contributed by atoms with Gasteiger partial charge in [0.1, 0.15) is 15.8 Å². The van der Waals surface area contributed by atoms with Crippen molar-refractivity contribution < 1.29 is 9.13 Å². The lowest BCUT2D eigenvalue weighted by Crippen LogP contribution is -2.33. The van der Waals surface area contributed by atoms with Crippen LogP contribution in [0.25, 0.3) is 22.5 Å². The third-order valence-corrected chi connectivity index (χ3v) is 6.22. The van der Waals surface area contributed by atoms with Gasteiger partial charge in [-0.15, -0.1) is 0 Å². The summed E-state index contributed by atoms with van der Waals surface area (Å²) < 4.78 is 21.7. The first-order valence-corrected chi connectivity index (χ1v) is 11.1. The summed E-state index contributed by atoms with van der Waals surface area (Å²) >= 11 is 3.22. The van der Waals surface area contributed by atoms with Crippen LogP contribution < -0.4 is 10.9 Å². The van der Waals surface area contributed by atoms with Crippen LogP contribution in [-0.4, -0.2) is 28.6 Å². The Bertz CT molecular complexity index is 1180. The van der Waals surface area contributed by atoms with Crippen LogP contribution in [0.5, 0.6) is 0 Å².